The van der Waals surface area contributed by atoms with E-state index in [1.807, 2.05) is 29.2 Å². The van der Waals surface area contributed by atoms with Crippen LogP contribution in [0.4, 0.5) is 5.13 Å². The molecule has 1 fully saturated rings. The second-order valence-corrected chi connectivity index (χ2v) is 8.08. The monoisotopic (exact) mass is 391 g/mol. The van der Waals surface area contributed by atoms with Crippen LogP contribution >= 0.6 is 11.3 Å². The number of thiazole rings is 1. The van der Waals surface area contributed by atoms with Gasteiger partial charge >= 0.3 is 0 Å². The van der Waals surface area contributed by atoms with Gasteiger partial charge in [-0.2, -0.15) is 0 Å². The number of hydrogen-bond donors (Lipinski definition) is 0. The maximum atomic E-state index is 12.9. The van der Waals surface area contributed by atoms with Gasteiger partial charge in [0.2, 0.25) is 5.91 Å². The van der Waals surface area contributed by atoms with E-state index >= 15 is 0 Å². The second-order valence-electron chi connectivity index (χ2n) is 7.12. The van der Waals surface area contributed by atoms with E-state index in [0.717, 1.165) is 52.9 Å². The fraction of sp³-hybridized carbons (Fsp3) is 0.286. The van der Waals surface area contributed by atoms with Crippen molar-refractivity contribution in [2.45, 2.75) is 13.5 Å². The number of benzene rings is 1. The lowest BCUT2D eigenvalue weighted by atomic mass is 10.2. The number of anilines is 1. The number of carbonyl (C=O) groups is 1. The molecule has 0 radical (unpaired) electrons. The first kappa shape index (κ1) is 17.2. The summed E-state index contributed by atoms with van der Waals surface area (Å²) < 4.78 is 2.11. The first-order valence-electron chi connectivity index (χ1n) is 9.48. The third-order valence-electron chi connectivity index (χ3n) is 5.37. The summed E-state index contributed by atoms with van der Waals surface area (Å²) in [4.78, 5) is 27.2. The van der Waals surface area contributed by atoms with Gasteiger partial charge in [0, 0.05) is 43.6 Å². The van der Waals surface area contributed by atoms with Crippen molar-refractivity contribution in [3.8, 4) is 0 Å². The van der Waals surface area contributed by atoms with Gasteiger partial charge in [0.05, 0.1) is 0 Å². The number of aryl methyl sites for hydroxylation is 1. The lowest BCUT2D eigenvalue weighted by molar-refractivity contribution is -0.132. The summed E-state index contributed by atoms with van der Waals surface area (Å²) in [6.45, 7) is 5.51. The maximum absolute atomic E-state index is 12.9. The first-order chi connectivity index (χ1) is 13.7. The zero-order valence-corrected chi connectivity index (χ0v) is 16.5. The SMILES string of the molecule is Cc1cc2ccccc2n1CC(=O)N1CCN(c2nc3cccnc3s2)CC1. The number of para-hydroxylation sites is 1. The minimum absolute atomic E-state index is 0.176. The molecule has 0 unspecified atom stereocenters. The smallest absolute Gasteiger partial charge is 0.242 e. The van der Waals surface area contributed by atoms with Crippen LogP contribution in [0.2, 0.25) is 0 Å². The van der Waals surface area contributed by atoms with Crippen LogP contribution in [-0.2, 0) is 11.3 Å². The molecule has 3 aromatic heterocycles. The molecule has 28 heavy (non-hydrogen) atoms. The fourth-order valence-electron chi connectivity index (χ4n) is 3.83. The van der Waals surface area contributed by atoms with Crippen molar-refractivity contribution in [3.05, 3.63) is 54.4 Å². The van der Waals surface area contributed by atoms with Crippen LogP contribution in [0.25, 0.3) is 21.3 Å². The zero-order valence-electron chi connectivity index (χ0n) is 15.7. The molecule has 1 aromatic carbocycles. The number of nitrogens with zero attached hydrogens (tertiary/aromatic N) is 5. The molecule has 0 saturated carbocycles. The van der Waals surface area contributed by atoms with Gasteiger partial charge in [0.15, 0.2) is 5.13 Å². The molecule has 1 saturated heterocycles. The maximum Gasteiger partial charge on any atom is 0.242 e. The molecule has 0 aliphatic carbocycles. The predicted octanol–water partition coefficient (Wildman–Crippen LogP) is 3.30. The summed E-state index contributed by atoms with van der Waals surface area (Å²) in [7, 11) is 0. The number of aromatic nitrogens is 3. The molecule has 0 N–H and O–H groups in total. The molecule has 4 heterocycles. The van der Waals surface area contributed by atoms with E-state index in [2.05, 4.69) is 44.6 Å². The number of piperazine rings is 1. The number of amides is 1. The molecule has 1 aliphatic heterocycles. The molecule has 0 bridgehead atoms. The van der Waals surface area contributed by atoms with Crippen LogP contribution in [-0.4, -0.2) is 51.5 Å². The molecule has 0 spiro atoms. The van der Waals surface area contributed by atoms with Gasteiger partial charge in [-0.1, -0.05) is 29.5 Å². The Bertz CT molecular complexity index is 1120. The summed E-state index contributed by atoms with van der Waals surface area (Å²) in [6, 6.07) is 14.3. The normalized spacial score (nSPS) is 14.9. The summed E-state index contributed by atoms with van der Waals surface area (Å²) in [5.41, 5.74) is 3.18. The van der Waals surface area contributed by atoms with E-state index in [1.165, 1.54) is 5.39 Å². The molecule has 142 valence electrons. The molecule has 0 atom stereocenters. The van der Waals surface area contributed by atoms with Gasteiger partial charge in [0.1, 0.15) is 16.9 Å². The number of carbonyl (C=O) groups excluding carboxylic acids is 1. The van der Waals surface area contributed by atoms with E-state index in [0.29, 0.717) is 6.54 Å². The van der Waals surface area contributed by atoms with Crippen molar-refractivity contribution in [2.75, 3.05) is 31.1 Å². The van der Waals surface area contributed by atoms with Crippen LogP contribution in [0.3, 0.4) is 0 Å². The lowest BCUT2D eigenvalue weighted by Crippen LogP contribution is -2.49. The van der Waals surface area contributed by atoms with Gasteiger partial charge in [0.25, 0.3) is 0 Å². The second kappa shape index (κ2) is 6.91. The molecule has 1 amide bonds. The zero-order chi connectivity index (χ0) is 19.1. The summed E-state index contributed by atoms with van der Waals surface area (Å²) >= 11 is 1.62. The van der Waals surface area contributed by atoms with Gasteiger partial charge < -0.3 is 14.4 Å². The Morgan fingerprint density at radius 2 is 1.93 bits per heavy atom. The molecule has 1 aliphatic rings. The number of rotatable bonds is 3. The van der Waals surface area contributed by atoms with Crippen LogP contribution < -0.4 is 4.90 Å². The quantitative estimate of drug-likeness (QED) is 0.538. The van der Waals surface area contributed by atoms with E-state index in [9.17, 15) is 4.79 Å². The number of hydrogen-bond acceptors (Lipinski definition) is 5. The van der Waals surface area contributed by atoms with E-state index in [1.54, 1.807) is 17.5 Å². The molecular formula is C21H21N5OS. The Balaban J connectivity index is 1.27. The molecule has 5 rings (SSSR count). The molecule has 6 nitrogen and oxygen atoms in total. The highest BCUT2D eigenvalue weighted by Gasteiger charge is 2.24. The minimum Gasteiger partial charge on any atom is -0.344 e. The van der Waals surface area contributed by atoms with Crippen LogP contribution in [0.15, 0.2) is 48.7 Å². The third-order valence-corrected chi connectivity index (χ3v) is 6.41. The Morgan fingerprint density at radius 3 is 2.75 bits per heavy atom. The van der Waals surface area contributed by atoms with Crippen molar-refractivity contribution in [1.82, 2.24) is 19.4 Å². The Labute approximate surface area is 167 Å². The molecule has 4 aromatic rings. The molecule has 7 heteroatoms. The lowest BCUT2D eigenvalue weighted by Gasteiger charge is -2.34. The van der Waals surface area contributed by atoms with Crippen molar-refractivity contribution >= 4 is 43.6 Å². The van der Waals surface area contributed by atoms with Crippen LogP contribution in [0.5, 0.6) is 0 Å². The predicted molar refractivity (Wildman–Crippen MR) is 113 cm³/mol. The molecular weight excluding hydrogens is 370 g/mol. The van der Waals surface area contributed by atoms with Gasteiger partial charge in [-0.25, -0.2) is 9.97 Å². The van der Waals surface area contributed by atoms with E-state index in [-0.39, 0.29) is 5.91 Å². The van der Waals surface area contributed by atoms with Gasteiger partial charge in [-0.05, 0) is 36.6 Å². The highest BCUT2D eigenvalue weighted by molar-refractivity contribution is 7.21. The van der Waals surface area contributed by atoms with Gasteiger partial charge in [-0.3, -0.25) is 4.79 Å². The van der Waals surface area contributed by atoms with Crippen molar-refractivity contribution in [1.29, 1.82) is 0 Å². The average molecular weight is 392 g/mol. The largest absolute Gasteiger partial charge is 0.344 e. The first-order valence-corrected chi connectivity index (χ1v) is 10.3. The topological polar surface area (TPSA) is 54.3 Å². The number of fused-ring (bicyclic) bond motifs is 2. The van der Waals surface area contributed by atoms with Crippen molar-refractivity contribution < 1.29 is 4.79 Å². The standard InChI is InChI=1S/C21H21N5OS/c1-15-13-16-5-2-3-7-18(16)26(15)14-19(27)24-9-11-25(12-10-24)21-23-17-6-4-8-22-20(17)28-21/h2-8,13H,9-12,14H2,1H3. The summed E-state index contributed by atoms with van der Waals surface area (Å²) in [5, 5.41) is 2.18. The fourth-order valence-corrected chi connectivity index (χ4v) is 4.79. The van der Waals surface area contributed by atoms with Crippen LogP contribution in [0.1, 0.15) is 5.69 Å². The Kier molecular flexibility index (Phi) is 4.24. The number of pyridine rings is 1. The average Bonchev–Trinajstić information content (AvgIpc) is 3.29. The summed E-state index contributed by atoms with van der Waals surface area (Å²) in [6.07, 6.45) is 1.80. The van der Waals surface area contributed by atoms with Gasteiger partial charge in [-0.15, -0.1) is 0 Å². The minimum atomic E-state index is 0.176. The Morgan fingerprint density at radius 1 is 1.11 bits per heavy atom. The van der Waals surface area contributed by atoms with E-state index < -0.39 is 0 Å². The van der Waals surface area contributed by atoms with Crippen molar-refractivity contribution in [3.63, 3.8) is 0 Å². The third kappa shape index (κ3) is 3.01. The summed E-state index contributed by atoms with van der Waals surface area (Å²) in [5.74, 6) is 0.176. The highest BCUT2D eigenvalue weighted by Crippen LogP contribution is 2.27. The van der Waals surface area contributed by atoms with E-state index in [4.69, 9.17) is 0 Å². The highest BCUT2D eigenvalue weighted by atomic mass is 32.1. The van der Waals surface area contributed by atoms with Crippen LogP contribution in [0, 0.1) is 6.92 Å². The Hall–Kier alpha value is -2.93. The van der Waals surface area contributed by atoms with Crippen molar-refractivity contribution in [2.24, 2.45) is 0 Å².